The number of aliphatic hydroxyl groups is 1. The number of hydrogen-bond acceptors (Lipinski definition) is 3. The summed E-state index contributed by atoms with van der Waals surface area (Å²) in [6.45, 7) is 0.741. The molecule has 2 aromatic rings. The molecule has 0 aromatic heterocycles. The Kier molecular flexibility index (Phi) is 6.39. The molecule has 0 aliphatic carbocycles. The molecule has 1 N–H and O–H groups in total. The number of nitrogens with zero attached hydrogens (tertiary/aromatic N) is 1. The van der Waals surface area contributed by atoms with E-state index in [9.17, 15) is 4.79 Å². The van der Waals surface area contributed by atoms with Crippen molar-refractivity contribution in [3.05, 3.63) is 71.8 Å². The molecule has 0 saturated heterocycles. The Labute approximate surface area is 136 Å². The van der Waals surface area contributed by atoms with Gasteiger partial charge in [-0.25, -0.2) is 0 Å². The summed E-state index contributed by atoms with van der Waals surface area (Å²) in [5.41, 5.74) is 1.71. The van der Waals surface area contributed by atoms with Crippen molar-refractivity contribution in [2.24, 2.45) is 0 Å². The van der Waals surface area contributed by atoms with Gasteiger partial charge in [0.15, 0.2) is 0 Å². The highest BCUT2D eigenvalue weighted by atomic mass is 16.5. The van der Waals surface area contributed by atoms with Crippen LogP contribution in [0.5, 0.6) is 5.75 Å². The van der Waals surface area contributed by atoms with Gasteiger partial charge < -0.3 is 14.7 Å². The van der Waals surface area contributed by atoms with Crippen LogP contribution in [0.2, 0.25) is 0 Å². The summed E-state index contributed by atoms with van der Waals surface area (Å²) in [5, 5.41) is 8.86. The first-order chi connectivity index (χ1) is 11.2. The largest absolute Gasteiger partial charge is 0.490 e. The first kappa shape index (κ1) is 16.8. The lowest BCUT2D eigenvalue weighted by atomic mass is 10.2. The topological polar surface area (TPSA) is 49.8 Å². The molecule has 0 spiro atoms. The Morgan fingerprint density at radius 1 is 1.13 bits per heavy atom. The molecule has 0 bridgehead atoms. The van der Waals surface area contributed by atoms with Gasteiger partial charge in [-0.3, -0.25) is 4.79 Å². The molecule has 0 heterocycles. The first-order valence-corrected chi connectivity index (χ1v) is 7.51. The van der Waals surface area contributed by atoms with E-state index in [-0.39, 0.29) is 12.5 Å². The van der Waals surface area contributed by atoms with Crippen molar-refractivity contribution in [3.8, 4) is 5.75 Å². The van der Waals surface area contributed by atoms with E-state index in [1.165, 1.54) is 4.90 Å². The van der Waals surface area contributed by atoms with E-state index in [4.69, 9.17) is 9.84 Å². The Hall–Kier alpha value is -2.59. The van der Waals surface area contributed by atoms with Crippen molar-refractivity contribution >= 4 is 12.0 Å². The quantitative estimate of drug-likeness (QED) is 0.855. The van der Waals surface area contributed by atoms with Crippen LogP contribution < -0.4 is 4.74 Å². The number of ether oxygens (including phenoxy) is 1. The zero-order chi connectivity index (χ0) is 16.5. The molecule has 0 aliphatic heterocycles. The van der Waals surface area contributed by atoms with Gasteiger partial charge in [-0.1, -0.05) is 36.4 Å². The van der Waals surface area contributed by atoms with Crippen LogP contribution in [0.3, 0.4) is 0 Å². The van der Waals surface area contributed by atoms with Gasteiger partial charge in [-0.2, -0.15) is 0 Å². The van der Waals surface area contributed by atoms with Crippen molar-refractivity contribution in [2.75, 3.05) is 26.8 Å². The van der Waals surface area contributed by atoms with Crippen LogP contribution in [-0.2, 0) is 0 Å². The molecule has 0 aliphatic rings. The maximum absolute atomic E-state index is 12.0. The molecule has 1 amide bonds. The summed E-state index contributed by atoms with van der Waals surface area (Å²) in [4.78, 5) is 13.5. The van der Waals surface area contributed by atoms with E-state index < -0.39 is 0 Å². The second-order valence-corrected chi connectivity index (χ2v) is 5.10. The average Bonchev–Trinajstić information content (AvgIpc) is 2.60. The Bertz CT molecular complexity index is 635. The molecule has 0 unspecified atom stereocenters. The summed E-state index contributed by atoms with van der Waals surface area (Å²) >= 11 is 0. The molecule has 23 heavy (non-hydrogen) atoms. The molecular weight excluding hydrogens is 290 g/mol. The Morgan fingerprint density at radius 2 is 1.83 bits per heavy atom. The van der Waals surface area contributed by atoms with Gasteiger partial charge in [0.05, 0.1) is 6.61 Å². The highest BCUT2D eigenvalue weighted by Crippen LogP contribution is 2.13. The van der Waals surface area contributed by atoms with Crippen LogP contribution in [-0.4, -0.2) is 42.7 Å². The molecule has 120 valence electrons. The number of likely N-dealkylation sites (N-methyl/N-ethyl adjacent to an activating group) is 1. The SMILES string of the molecule is CN(CCO)C(=O)c1ccc(OC/C=C/c2ccccc2)cc1. The fourth-order valence-electron chi connectivity index (χ4n) is 2.06. The van der Waals surface area contributed by atoms with Crippen molar-refractivity contribution in [3.63, 3.8) is 0 Å². The maximum atomic E-state index is 12.0. The van der Waals surface area contributed by atoms with Gasteiger partial charge in [-0.15, -0.1) is 0 Å². The summed E-state index contributed by atoms with van der Waals surface area (Å²) in [6.07, 6.45) is 3.95. The predicted octanol–water partition coefficient (Wildman–Crippen LogP) is 2.84. The number of amides is 1. The fraction of sp³-hybridized carbons (Fsp3) is 0.211. The third-order valence-electron chi connectivity index (χ3n) is 3.34. The monoisotopic (exact) mass is 311 g/mol. The Morgan fingerprint density at radius 3 is 2.48 bits per heavy atom. The van der Waals surface area contributed by atoms with Crippen molar-refractivity contribution in [1.82, 2.24) is 4.90 Å². The van der Waals surface area contributed by atoms with Crippen LogP contribution >= 0.6 is 0 Å². The normalized spacial score (nSPS) is 10.7. The molecule has 4 heteroatoms. The van der Waals surface area contributed by atoms with Gasteiger partial charge in [0.1, 0.15) is 12.4 Å². The minimum Gasteiger partial charge on any atom is -0.490 e. The zero-order valence-corrected chi connectivity index (χ0v) is 13.2. The summed E-state index contributed by atoms with van der Waals surface area (Å²) in [6, 6.07) is 17.0. The van der Waals surface area contributed by atoms with Gasteiger partial charge in [-0.05, 0) is 35.9 Å². The second kappa shape index (κ2) is 8.76. The smallest absolute Gasteiger partial charge is 0.253 e. The average molecular weight is 311 g/mol. The molecule has 2 rings (SSSR count). The molecule has 0 atom stereocenters. The highest BCUT2D eigenvalue weighted by Gasteiger charge is 2.10. The number of aliphatic hydroxyl groups excluding tert-OH is 1. The van der Waals surface area contributed by atoms with Crippen LogP contribution in [0.1, 0.15) is 15.9 Å². The van der Waals surface area contributed by atoms with Crippen molar-refractivity contribution < 1.29 is 14.6 Å². The lowest BCUT2D eigenvalue weighted by molar-refractivity contribution is 0.0767. The van der Waals surface area contributed by atoms with Crippen molar-refractivity contribution in [2.45, 2.75) is 0 Å². The second-order valence-electron chi connectivity index (χ2n) is 5.10. The minimum atomic E-state index is -0.116. The molecule has 2 aromatic carbocycles. The van der Waals surface area contributed by atoms with Crippen LogP contribution in [0, 0.1) is 0 Å². The van der Waals surface area contributed by atoms with Gasteiger partial charge in [0, 0.05) is 19.2 Å². The summed E-state index contributed by atoms with van der Waals surface area (Å²) < 4.78 is 5.62. The number of carbonyl (C=O) groups excluding carboxylic acids is 1. The third kappa shape index (κ3) is 5.27. The van der Waals surface area contributed by atoms with E-state index >= 15 is 0 Å². The lowest BCUT2D eigenvalue weighted by Gasteiger charge is -2.15. The zero-order valence-electron chi connectivity index (χ0n) is 13.2. The number of rotatable bonds is 7. The standard InChI is InChI=1S/C19H21NO3/c1-20(13-14-21)19(22)17-9-11-18(12-10-17)23-15-5-8-16-6-3-2-4-7-16/h2-12,21H,13-15H2,1H3/b8-5+. The summed E-state index contributed by atoms with van der Waals surface area (Å²) in [5.74, 6) is 0.596. The molecule has 0 fully saturated rings. The van der Waals surface area contributed by atoms with E-state index in [1.807, 2.05) is 42.5 Å². The first-order valence-electron chi connectivity index (χ1n) is 7.51. The van der Waals surface area contributed by atoms with E-state index in [0.717, 1.165) is 5.56 Å². The lowest BCUT2D eigenvalue weighted by Crippen LogP contribution is -2.29. The number of benzene rings is 2. The highest BCUT2D eigenvalue weighted by molar-refractivity contribution is 5.94. The fourth-order valence-corrected chi connectivity index (χ4v) is 2.06. The van der Waals surface area contributed by atoms with Crippen LogP contribution in [0.25, 0.3) is 6.08 Å². The third-order valence-corrected chi connectivity index (χ3v) is 3.34. The molecular formula is C19H21NO3. The van der Waals surface area contributed by atoms with Gasteiger partial charge >= 0.3 is 0 Å². The summed E-state index contributed by atoms with van der Waals surface area (Å²) in [7, 11) is 1.66. The van der Waals surface area contributed by atoms with E-state index in [1.54, 1.807) is 31.3 Å². The predicted molar refractivity (Wildman–Crippen MR) is 91.5 cm³/mol. The molecule has 0 saturated carbocycles. The Balaban J connectivity index is 1.85. The van der Waals surface area contributed by atoms with Gasteiger partial charge in [0.25, 0.3) is 5.91 Å². The van der Waals surface area contributed by atoms with E-state index in [0.29, 0.717) is 24.5 Å². The minimum absolute atomic E-state index is 0.0445. The van der Waals surface area contributed by atoms with E-state index in [2.05, 4.69) is 0 Å². The number of hydrogen-bond donors (Lipinski definition) is 1. The maximum Gasteiger partial charge on any atom is 0.253 e. The molecule has 0 radical (unpaired) electrons. The van der Waals surface area contributed by atoms with Crippen LogP contribution in [0.15, 0.2) is 60.7 Å². The molecule has 4 nitrogen and oxygen atoms in total. The number of carbonyl (C=O) groups is 1. The van der Waals surface area contributed by atoms with Crippen molar-refractivity contribution in [1.29, 1.82) is 0 Å². The van der Waals surface area contributed by atoms with Crippen LogP contribution in [0.4, 0.5) is 0 Å². The van der Waals surface area contributed by atoms with Gasteiger partial charge in [0.2, 0.25) is 0 Å².